The van der Waals surface area contributed by atoms with Crippen molar-refractivity contribution in [3.05, 3.63) is 92.6 Å². The molecule has 0 unspecified atom stereocenters. The van der Waals surface area contributed by atoms with Crippen molar-refractivity contribution in [2.75, 3.05) is 5.75 Å². The molecular weight excluding hydrogens is 448 g/mol. The summed E-state index contributed by atoms with van der Waals surface area (Å²) < 4.78 is 7.78. The molecule has 2 aromatic heterocycles. The summed E-state index contributed by atoms with van der Waals surface area (Å²) >= 11 is 3.17. The summed E-state index contributed by atoms with van der Waals surface area (Å²) in [4.78, 5) is 20.8. The van der Waals surface area contributed by atoms with Crippen LogP contribution in [0, 0.1) is 6.92 Å². The van der Waals surface area contributed by atoms with E-state index >= 15 is 0 Å². The number of fused-ring (bicyclic) bond motifs is 3. The maximum absolute atomic E-state index is 13.9. The molecule has 6 heteroatoms. The molecule has 33 heavy (non-hydrogen) atoms. The maximum atomic E-state index is 13.9. The van der Waals surface area contributed by atoms with Gasteiger partial charge < -0.3 is 4.74 Å². The molecule has 0 spiro atoms. The topological polar surface area (TPSA) is 44.1 Å². The second-order valence-corrected chi connectivity index (χ2v) is 11.0. The molecule has 0 saturated carbocycles. The van der Waals surface area contributed by atoms with Crippen LogP contribution in [0.15, 0.2) is 70.6 Å². The Morgan fingerprint density at radius 3 is 2.67 bits per heavy atom. The maximum Gasteiger partial charge on any atom is 0.267 e. The summed E-state index contributed by atoms with van der Waals surface area (Å²) in [5.74, 6) is 0.722. The van der Waals surface area contributed by atoms with Crippen molar-refractivity contribution in [1.29, 1.82) is 0 Å². The molecule has 0 radical (unpaired) electrons. The van der Waals surface area contributed by atoms with Crippen molar-refractivity contribution < 1.29 is 4.74 Å². The number of thiophene rings is 1. The van der Waals surface area contributed by atoms with Crippen LogP contribution in [0.5, 0.6) is 0 Å². The zero-order valence-corrected chi connectivity index (χ0v) is 20.6. The molecule has 168 valence electrons. The fraction of sp³-hybridized carbons (Fsp3) is 0.259. The molecule has 1 aliphatic rings. The van der Waals surface area contributed by atoms with Gasteiger partial charge in [0.05, 0.1) is 23.3 Å². The van der Waals surface area contributed by atoms with Gasteiger partial charge in [0.2, 0.25) is 0 Å². The van der Waals surface area contributed by atoms with Crippen molar-refractivity contribution in [1.82, 2.24) is 9.55 Å². The zero-order valence-electron chi connectivity index (χ0n) is 19.0. The van der Waals surface area contributed by atoms with E-state index in [9.17, 15) is 4.79 Å². The lowest BCUT2D eigenvalue weighted by Crippen LogP contribution is -2.32. The van der Waals surface area contributed by atoms with Crippen LogP contribution in [0.4, 0.5) is 0 Å². The number of ether oxygens (including phenoxy) is 1. The van der Waals surface area contributed by atoms with Crippen LogP contribution < -0.4 is 5.56 Å². The Kier molecular flexibility index (Phi) is 5.99. The Balaban J connectivity index is 1.58. The highest BCUT2D eigenvalue weighted by Crippen LogP contribution is 2.38. The first-order chi connectivity index (χ1) is 15.9. The number of aryl methyl sites for hydroxylation is 1. The molecule has 0 saturated heterocycles. The molecule has 3 heterocycles. The average Bonchev–Trinajstić information content (AvgIpc) is 3.15. The Morgan fingerprint density at radius 1 is 1.15 bits per heavy atom. The SMILES string of the molecule is Cc1ccc(-n2c(SCC=Cc3ccccc3)nc3sc4c(c3c2=O)CC(C)(C)OC4)cc1. The second-order valence-electron chi connectivity index (χ2n) is 8.90. The monoisotopic (exact) mass is 474 g/mol. The zero-order chi connectivity index (χ0) is 23.0. The highest BCUT2D eigenvalue weighted by Gasteiger charge is 2.31. The molecule has 0 fully saturated rings. The number of benzene rings is 2. The Bertz CT molecular complexity index is 1380. The minimum Gasteiger partial charge on any atom is -0.370 e. The summed E-state index contributed by atoms with van der Waals surface area (Å²) in [5.41, 5.74) is 4.00. The lowest BCUT2D eigenvalue weighted by atomic mass is 9.94. The van der Waals surface area contributed by atoms with Gasteiger partial charge in [0.15, 0.2) is 5.16 Å². The lowest BCUT2D eigenvalue weighted by Gasteiger charge is -2.29. The smallest absolute Gasteiger partial charge is 0.267 e. The minimum atomic E-state index is -0.280. The molecule has 0 atom stereocenters. The molecule has 0 bridgehead atoms. The van der Waals surface area contributed by atoms with Gasteiger partial charge in [-0.05, 0) is 44.0 Å². The standard InChI is InChI=1S/C27H26N2O2S2/c1-18-11-13-20(14-12-18)29-25(30)23-21-16-27(2,3)31-17-22(21)33-24(23)28-26(29)32-15-7-10-19-8-5-4-6-9-19/h4-14H,15-17H2,1-3H3. The number of thioether (sulfide) groups is 1. The van der Waals surface area contributed by atoms with E-state index in [-0.39, 0.29) is 11.2 Å². The Labute approximate surface area is 202 Å². The highest BCUT2D eigenvalue weighted by molar-refractivity contribution is 7.99. The molecule has 0 N–H and O–H groups in total. The van der Waals surface area contributed by atoms with E-state index in [0.717, 1.165) is 49.6 Å². The number of nitrogens with zero attached hydrogens (tertiary/aromatic N) is 2. The van der Waals surface area contributed by atoms with Gasteiger partial charge in [0.1, 0.15) is 4.83 Å². The highest BCUT2D eigenvalue weighted by atomic mass is 32.2. The van der Waals surface area contributed by atoms with Gasteiger partial charge in [0, 0.05) is 17.1 Å². The third-order valence-corrected chi connectivity index (χ3v) is 7.78. The van der Waals surface area contributed by atoms with Crippen LogP contribution in [0.1, 0.15) is 35.4 Å². The predicted octanol–water partition coefficient (Wildman–Crippen LogP) is 6.41. The molecule has 2 aromatic carbocycles. The fourth-order valence-corrected chi connectivity index (χ4v) is 6.03. The number of hydrogen-bond donors (Lipinski definition) is 0. The van der Waals surface area contributed by atoms with E-state index in [2.05, 4.69) is 45.1 Å². The summed E-state index contributed by atoms with van der Waals surface area (Å²) in [7, 11) is 0. The first-order valence-corrected chi connectivity index (χ1v) is 12.8. The van der Waals surface area contributed by atoms with Gasteiger partial charge in [0.25, 0.3) is 5.56 Å². The normalized spacial score (nSPS) is 15.2. The van der Waals surface area contributed by atoms with Gasteiger partial charge in [-0.3, -0.25) is 9.36 Å². The van der Waals surface area contributed by atoms with Crippen LogP contribution in [-0.2, 0) is 17.8 Å². The minimum absolute atomic E-state index is 0.00796. The molecule has 1 aliphatic heterocycles. The molecular formula is C27H26N2O2S2. The summed E-state index contributed by atoms with van der Waals surface area (Å²) in [5, 5.41) is 1.46. The quantitative estimate of drug-likeness (QED) is 0.248. The van der Waals surface area contributed by atoms with E-state index in [0.29, 0.717) is 11.8 Å². The van der Waals surface area contributed by atoms with E-state index in [4.69, 9.17) is 9.72 Å². The van der Waals surface area contributed by atoms with Gasteiger partial charge in [-0.15, -0.1) is 11.3 Å². The number of hydrogen-bond acceptors (Lipinski definition) is 5. The van der Waals surface area contributed by atoms with Crippen molar-refractivity contribution in [3.8, 4) is 5.69 Å². The molecule has 4 aromatic rings. The summed E-state index contributed by atoms with van der Waals surface area (Å²) in [6.45, 7) is 6.74. The van der Waals surface area contributed by atoms with Crippen molar-refractivity contribution in [2.24, 2.45) is 0 Å². The van der Waals surface area contributed by atoms with E-state index in [1.165, 1.54) is 0 Å². The first kappa shape index (κ1) is 22.1. The first-order valence-electron chi connectivity index (χ1n) is 11.0. The second kappa shape index (κ2) is 8.93. The van der Waals surface area contributed by atoms with Crippen molar-refractivity contribution in [2.45, 2.75) is 44.6 Å². The molecule has 0 aliphatic carbocycles. The fourth-order valence-electron chi connectivity index (χ4n) is 4.06. The van der Waals surface area contributed by atoms with Crippen LogP contribution in [0.3, 0.4) is 0 Å². The molecule has 4 nitrogen and oxygen atoms in total. The van der Waals surface area contributed by atoms with Crippen molar-refractivity contribution >= 4 is 39.4 Å². The number of aromatic nitrogens is 2. The molecule has 0 amide bonds. The third-order valence-electron chi connectivity index (χ3n) is 5.78. The van der Waals surface area contributed by atoms with Crippen molar-refractivity contribution in [3.63, 3.8) is 0 Å². The van der Waals surface area contributed by atoms with Gasteiger partial charge >= 0.3 is 0 Å². The summed E-state index contributed by atoms with van der Waals surface area (Å²) in [6, 6.07) is 18.3. The third kappa shape index (κ3) is 4.56. The van der Waals surface area contributed by atoms with Gasteiger partial charge in [-0.1, -0.05) is 71.9 Å². The predicted molar refractivity (Wildman–Crippen MR) is 139 cm³/mol. The van der Waals surface area contributed by atoms with Crippen LogP contribution in [0.25, 0.3) is 22.0 Å². The van der Waals surface area contributed by atoms with Gasteiger partial charge in [-0.25, -0.2) is 4.98 Å². The van der Waals surface area contributed by atoms with Gasteiger partial charge in [-0.2, -0.15) is 0 Å². The van der Waals surface area contributed by atoms with E-state index in [1.54, 1.807) is 27.7 Å². The Morgan fingerprint density at radius 2 is 1.91 bits per heavy atom. The summed E-state index contributed by atoms with van der Waals surface area (Å²) in [6.07, 6.45) is 4.94. The Hall–Kier alpha value is -2.67. The number of rotatable bonds is 5. The van der Waals surface area contributed by atoms with E-state index in [1.807, 2.05) is 42.5 Å². The van der Waals surface area contributed by atoms with Crippen LogP contribution >= 0.6 is 23.1 Å². The van der Waals surface area contributed by atoms with E-state index < -0.39 is 0 Å². The average molecular weight is 475 g/mol. The lowest BCUT2D eigenvalue weighted by molar-refractivity contribution is -0.0379. The van der Waals surface area contributed by atoms with Crippen LogP contribution in [-0.4, -0.2) is 20.9 Å². The van der Waals surface area contributed by atoms with Crippen LogP contribution in [0.2, 0.25) is 0 Å². The largest absolute Gasteiger partial charge is 0.370 e. The molecule has 5 rings (SSSR count).